The minimum atomic E-state index is -0.997. The Hall–Kier alpha value is -3.46. The van der Waals surface area contributed by atoms with E-state index in [0.717, 1.165) is 12.8 Å². The summed E-state index contributed by atoms with van der Waals surface area (Å²) in [6.45, 7) is 6.28. The molecule has 4 atom stereocenters. The summed E-state index contributed by atoms with van der Waals surface area (Å²) in [6, 6.07) is 8.23. The van der Waals surface area contributed by atoms with E-state index >= 15 is 4.39 Å². The topological polar surface area (TPSA) is 106 Å². The number of alkyl halides is 1. The number of hydrogen-bond acceptors (Lipinski definition) is 7. The fourth-order valence-electron chi connectivity index (χ4n) is 4.91. The van der Waals surface area contributed by atoms with E-state index in [2.05, 4.69) is 39.0 Å². The molecule has 0 spiro atoms. The van der Waals surface area contributed by atoms with Crippen molar-refractivity contribution in [2.24, 2.45) is 13.0 Å². The summed E-state index contributed by atoms with van der Waals surface area (Å²) in [5, 5.41) is 22.5. The van der Waals surface area contributed by atoms with Crippen LogP contribution in [0.5, 0.6) is 5.75 Å². The van der Waals surface area contributed by atoms with Crippen LogP contribution in [-0.2, 0) is 7.05 Å². The molecule has 2 aliphatic rings. The first-order valence-corrected chi connectivity index (χ1v) is 10.9. The molecule has 0 radical (unpaired) electrons. The van der Waals surface area contributed by atoms with Gasteiger partial charge in [-0.25, -0.2) is 14.2 Å². The Morgan fingerprint density at radius 1 is 1.30 bits per heavy atom. The highest BCUT2D eigenvalue weighted by Crippen LogP contribution is 2.44. The molecule has 170 valence electrons. The number of nitrogens with one attached hydrogen (secondary N) is 1. The third kappa shape index (κ3) is 3.82. The van der Waals surface area contributed by atoms with Crippen molar-refractivity contribution in [2.75, 3.05) is 0 Å². The molecule has 0 aliphatic carbocycles. The van der Waals surface area contributed by atoms with Gasteiger partial charge in [-0.3, -0.25) is 4.57 Å². The van der Waals surface area contributed by atoms with Gasteiger partial charge in [0, 0.05) is 35.7 Å². The van der Waals surface area contributed by atoms with Crippen LogP contribution in [0.25, 0.3) is 28.2 Å². The number of nitrogens with zero attached hydrogens (tertiary/aromatic N) is 5. The number of phenolic OH excluding ortho intramolecular Hbond substituents is 1. The van der Waals surface area contributed by atoms with Gasteiger partial charge in [-0.15, -0.1) is 5.10 Å². The van der Waals surface area contributed by atoms with Gasteiger partial charge in [-0.1, -0.05) is 12.6 Å². The van der Waals surface area contributed by atoms with Crippen molar-refractivity contribution in [3.63, 3.8) is 0 Å². The monoisotopic (exact) mass is 448 g/mol. The first kappa shape index (κ1) is 21.4. The fraction of sp³-hybridized carbons (Fsp3) is 0.375. The van der Waals surface area contributed by atoms with Crippen molar-refractivity contribution in [1.29, 1.82) is 0 Å². The molecule has 9 heteroatoms. The Morgan fingerprint density at radius 3 is 2.82 bits per heavy atom. The maximum Gasteiger partial charge on any atom is 0.350 e. The predicted octanol–water partition coefficient (Wildman–Crippen LogP) is 2.89. The standard InChI is InChI=1S/C24H25FN6O2/c1-13(16-11-24(2)9-8-19(28-24)21(16)25)17-6-7-18(30-29-17)15-5-4-14(10-20(15)32)22-26-12-31(3)23(33)27-22/h4-7,10,12,16,19,21,28,32H,1,8-9,11H2,2-3H3/t16-,19-,21+,24+/m1/s1. The second kappa shape index (κ2) is 7.84. The summed E-state index contributed by atoms with van der Waals surface area (Å²) < 4.78 is 16.3. The Kier molecular flexibility index (Phi) is 5.08. The molecule has 3 aromatic rings. The number of aromatic nitrogens is 5. The summed E-state index contributed by atoms with van der Waals surface area (Å²) >= 11 is 0. The van der Waals surface area contributed by atoms with Crippen molar-refractivity contribution in [3.05, 3.63) is 59.4 Å². The number of aromatic hydroxyl groups is 1. The van der Waals surface area contributed by atoms with E-state index in [1.54, 1.807) is 31.3 Å². The van der Waals surface area contributed by atoms with Gasteiger partial charge < -0.3 is 10.4 Å². The summed E-state index contributed by atoms with van der Waals surface area (Å²) in [6.07, 6.45) is 2.86. The Labute approximate surface area is 190 Å². The van der Waals surface area contributed by atoms with E-state index in [-0.39, 0.29) is 29.1 Å². The normalized spacial score (nSPS) is 26.3. The number of piperidine rings is 1. The van der Waals surface area contributed by atoms with Crippen molar-refractivity contribution < 1.29 is 9.50 Å². The lowest BCUT2D eigenvalue weighted by Crippen LogP contribution is -2.53. The van der Waals surface area contributed by atoms with Crippen LogP contribution < -0.4 is 11.0 Å². The average molecular weight is 449 g/mol. The highest BCUT2D eigenvalue weighted by molar-refractivity contribution is 5.72. The number of hydrogen-bond donors (Lipinski definition) is 2. The lowest BCUT2D eigenvalue weighted by atomic mass is 9.78. The van der Waals surface area contributed by atoms with Crippen LogP contribution in [0.1, 0.15) is 31.9 Å². The molecular formula is C24H25FN6O2. The lowest BCUT2D eigenvalue weighted by molar-refractivity contribution is 0.135. The van der Waals surface area contributed by atoms with Crippen LogP contribution in [0.2, 0.25) is 0 Å². The number of phenols is 1. The van der Waals surface area contributed by atoms with Crippen molar-refractivity contribution >= 4 is 5.57 Å². The molecule has 2 aromatic heterocycles. The number of allylic oxidation sites excluding steroid dienone is 1. The molecule has 5 rings (SSSR count). The van der Waals surface area contributed by atoms with E-state index in [1.165, 1.54) is 17.0 Å². The van der Waals surface area contributed by atoms with Crippen LogP contribution in [-0.4, -0.2) is 47.6 Å². The number of aryl methyl sites for hydroxylation is 1. The van der Waals surface area contributed by atoms with Crippen molar-refractivity contribution in [1.82, 2.24) is 30.0 Å². The van der Waals surface area contributed by atoms with Gasteiger partial charge in [-0.2, -0.15) is 10.1 Å². The molecule has 0 unspecified atom stereocenters. The van der Waals surface area contributed by atoms with Gasteiger partial charge in [0.15, 0.2) is 5.82 Å². The Balaban J connectivity index is 1.38. The molecule has 2 bridgehead atoms. The molecule has 2 N–H and O–H groups in total. The van der Waals surface area contributed by atoms with E-state index in [4.69, 9.17) is 0 Å². The third-order valence-corrected chi connectivity index (χ3v) is 6.81. The quantitative estimate of drug-likeness (QED) is 0.632. The molecule has 4 heterocycles. The maximum absolute atomic E-state index is 15.0. The molecule has 33 heavy (non-hydrogen) atoms. The summed E-state index contributed by atoms with van der Waals surface area (Å²) in [7, 11) is 1.56. The fourth-order valence-corrected chi connectivity index (χ4v) is 4.91. The summed E-state index contributed by atoms with van der Waals surface area (Å²) in [4.78, 5) is 19.8. The highest BCUT2D eigenvalue weighted by atomic mass is 19.1. The van der Waals surface area contributed by atoms with E-state index in [9.17, 15) is 9.90 Å². The van der Waals surface area contributed by atoms with Gasteiger partial charge in [0.05, 0.1) is 11.4 Å². The molecule has 2 fully saturated rings. The SMILES string of the molecule is C=C(c1ccc(-c2ccc(-c3ncn(C)c(=O)n3)cc2O)nn1)[C@H]1C[C@]2(C)CC[C@@H](N2)[C@H]1F. The largest absolute Gasteiger partial charge is 0.507 e. The predicted molar refractivity (Wildman–Crippen MR) is 122 cm³/mol. The summed E-state index contributed by atoms with van der Waals surface area (Å²) in [5.74, 6) is -0.109. The zero-order valence-corrected chi connectivity index (χ0v) is 18.5. The van der Waals surface area contributed by atoms with Crippen molar-refractivity contribution in [3.8, 4) is 28.4 Å². The van der Waals surface area contributed by atoms with E-state index < -0.39 is 11.9 Å². The number of fused-ring (bicyclic) bond motifs is 2. The second-order valence-corrected chi connectivity index (χ2v) is 9.24. The first-order valence-electron chi connectivity index (χ1n) is 10.9. The zero-order valence-electron chi connectivity index (χ0n) is 18.5. The smallest absolute Gasteiger partial charge is 0.350 e. The van der Waals surface area contributed by atoms with Gasteiger partial charge in [0.25, 0.3) is 0 Å². The van der Waals surface area contributed by atoms with Gasteiger partial charge >= 0.3 is 5.69 Å². The van der Waals surface area contributed by atoms with Crippen LogP contribution >= 0.6 is 0 Å². The van der Waals surface area contributed by atoms with Crippen molar-refractivity contribution in [2.45, 2.75) is 43.9 Å². The van der Waals surface area contributed by atoms with Crippen LogP contribution in [0.15, 0.2) is 48.0 Å². The number of rotatable bonds is 4. The number of benzene rings is 1. The van der Waals surface area contributed by atoms with Crippen LogP contribution in [0, 0.1) is 5.92 Å². The Morgan fingerprint density at radius 2 is 2.12 bits per heavy atom. The molecule has 2 aliphatic heterocycles. The molecular weight excluding hydrogens is 423 g/mol. The van der Waals surface area contributed by atoms with Gasteiger partial charge in [0.1, 0.15) is 18.2 Å². The third-order valence-electron chi connectivity index (χ3n) is 6.81. The van der Waals surface area contributed by atoms with Gasteiger partial charge in [0.2, 0.25) is 0 Å². The first-order chi connectivity index (χ1) is 15.7. The Bertz CT molecular complexity index is 1290. The summed E-state index contributed by atoms with van der Waals surface area (Å²) in [5.41, 5.74) is 2.17. The average Bonchev–Trinajstić information content (AvgIpc) is 3.15. The minimum Gasteiger partial charge on any atom is -0.507 e. The van der Waals surface area contributed by atoms with Crippen LogP contribution in [0.4, 0.5) is 4.39 Å². The molecule has 8 nitrogen and oxygen atoms in total. The minimum absolute atomic E-state index is 0.0377. The second-order valence-electron chi connectivity index (χ2n) is 9.24. The molecule has 2 saturated heterocycles. The molecule has 1 aromatic carbocycles. The highest BCUT2D eigenvalue weighted by Gasteiger charge is 2.49. The van der Waals surface area contributed by atoms with E-state index in [1.807, 2.05) is 0 Å². The van der Waals surface area contributed by atoms with Gasteiger partial charge in [-0.05, 0) is 56.0 Å². The molecule has 0 amide bonds. The van der Waals surface area contributed by atoms with Crippen LogP contribution in [0.3, 0.4) is 0 Å². The zero-order chi connectivity index (χ0) is 23.3. The van der Waals surface area contributed by atoms with E-state index in [0.29, 0.717) is 34.5 Å². The maximum atomic E-state index is 15.0. The number of halogens is 1. The molecule has 0 saturated carbocycles. The lowest BCUT2D eigenvalue weighted by Gasteiger charge is -2.39.